The first-order valence-corrected chi connectivity index (χ1v) is 6.64. The summed E-state index contributed by atoms with van der Waals surface area (Å²) in [6.07, 6.45) is 0. The van der Waals surface area contributed by atoms with Gasteiger partial charge in [-0.3, -0.25) is 0 Å². The number of aryl methyl sites for hydroxylation is 2. The Morgan fingerprint density at radius 1 is 0.611 bits per heavy atom. The number of benzene rings is 3. The molecule has 0 aromatic heterocycles. The third-order valence-corrected chi connectivity index (χ3v) is 3.32. The van der Waals surface area contributed by atoms with Gasteiger partial charge in [0.15, 0.2) is 0 Å². The highest BCUT2D eigenvalue weighted by Crippen LogP contribution is 2.26. The van der Waals surface area contributed by atoms with Crippen LogP contribution in [-0.2, 0) is 0 Å². The summed E-state index contributed by atoms with van der Waals surface area (Å²) in [5, 5.41) is 5.39. The van der Waals surface area contributed by atoms with Crippen LogP contribution in [0.3, 0.4) is 0 Å². The first-order valence-electron chi connectivity index (χ1n) is 6.64. The van der Waals surface area contributed by atoms with Gasteiger partial charge in [-0.1, -0.05) is 50.2 Å². The molecule has 0 aliphatic carbocycles. The Balaban J connectivity index is 0.000000574. The van der Waals surface area contributed by atoms with Gasteiger partial charge in [-0.2, -0.15) is 0 Å². The fourth-order valence-electron chi connectivity index (χ4n) is 2.36. The predicted octanol–water partition coefficient (Wildman–Crippen LogP) is 5.64. The Bertz CT molecular complexity index is 616. The lowest BCUT2D eigenvalue weighted by Gasteiger charge is -2.06. The maximum atomic E-state index is 2.30. The van der Waals surface area contributed by atoms with Gasteiger partial charge in [-0.15, -0.1) is 0 Å². The predicted molar refractivity (Wildman–Crippen MR) is 82.3 cm³/mol. The molecule has 0 amide bonds. The average Bonchev–Trinajstić information content (AvgIpc) is 2.41. The molecule has 92 valence electrons. The topological polar surface area (TPSA) is 0 Å². The lowest BCUT2D eigenvalue weighted by atomic mass is 9.98. The highest BCUT2D eigenvalue weighted by Gasteiger charge is 2.01. The molecular weight excluding hydrogens is 216 g/mol. The second kappa shape index (κ2) is 5.22. The molecule has 0 atom stereocenters. The molecule has 3 aromatic rings. The van der Waals surface area contributed by atoms with E-state index in [1.54, 1.807) is 0 Å². The van der Waals surface area contributed by atoms with Crippen molar-refractivity contribution in [1.82, 2.24) is 0 Å². The summed E-state index contributed by atoms with van der Waals surface area (Å²) in [5.74, 6) is 0. The van der Waals surface area contributed by atoms with Gasteiger partial charge in [0, 0.05) is 0 Å². The molecule has 18 heavy (non-hydrogen) atoms. The van der Waals surface area contributed by atoms with Crippen LogP contribution in [0, 0.1) is 13.8 Å². The number of hydrogen-bond donors (Lipinski definition) is 0. The molecule has 0 aliphatic rings. The summed E-state index contributed by atoms with van der Waals surface area (Å²) < 4.78 is 0. The zero-order valence-corrected chi connectivity index (χ0v) is 11.6. The van der Waals surface area contributed by atoms with Crippen LogP contribution >= 0.6 is 0 Å². The van der Waals surface area contributed by atoms with E-state index in [1.165, 1.54) is 32.7 Å². The molecule has 0 saturated carbocycles. The van der Waals surface area contributed by atoms with Crippen LogP contribution in [0.2, 0.25) is 0 Å². The molecule has 0 saturated heterocycles. The second-order valence-corrected chi connectivity index (χ2v) is 4.44. The zero-order chi connectivity index (χ0) is 13.1. The number of rotatable bonds is 0. The van der Waals surface area contributed by atoms with Gasteiger partial charge in [-0.25, -0.2) is 0 Å². The van der Waals surface area contributed by atoms with Crippen LogP contribution < -0.4 is 0 Å². The summed E-state index contributed by atoms with van der Waals surface area (Å²) in [7, 11) is 0. The van der Waals surface area contributed by atoms with Crippen molar-refractivity contribution in [3.05, 3.63) is 59.7 Å². The molecule has 0 radical (unpaired) electrons. The Morgan fingerprint density at radius 2 is 1.00 bits per heavy atom. The lowest BCUT2D eigenvalue weighted by molar-refractivity contribution is 1.50. The van der Waals surface area contributed by atoms with Crippen molar-refractivity contribution in [3.63, 3.8) is 0 Å². The second-order valence-electron chi connectivity index (χ2n) is 4.44. The number of hydrogen-bond acceptors (Lipinski definition) is 0. The van der Waals surface area contributed by atoms with E-state index < -0.39 is 0 Å². The van der Waals surface area contributed by atoms with Crippen molar-refractivity contribution in [2.24, 2.45) is 0 Å². The van der Waals surface area contributed by atoms with Gasteiger partial charge in [-0.05, 0) is 58.7 Å². The molecule has 0 aliphatic heterocycles. The molecule has 0 heterocycles. The van der Waals surface area contributed by atoms with Crippen LogP contribution in [0.5, 0.6) is 0 Å². The molecular formula is C18H20. The Hall–Kier alpha value is -1.82. The van der Waals surface area contributed by atoms with Crippen LogP contribution in [0.1, 0.15) is 25.0 Å². The minimum Gasteiger partial charge on any atom is -0.0683 e. The minimum atomic E-state index is 1.34. The number of fused-ring (bicyclic) bond motifs is 2. The van der Waals surface area contributed by atoms with Gasteiger partial charge in [0.25, 0.3) is 0 Å². The van der Waals surface area contributed by atoms with Crippen LogP contribution in [-0.4, -0.2) is 0 Å². The van der Waals surface area contributed by atoms with Crippen molar-refractivity contribution in [2.45, 2.75) is 27.7 Å². The summed E-state index contributed by atoms with van der Waals surface area (Å²) in [5.41, 5.74) is 2.70. The standard InChI is InChI=1S/C16H14.C2H6/c1-11-5-3-7-13-10-16-12(2)6-4-8-14(16)9-15(11)13;1-2/h3-10H,1-2H3;1-2H3. The van der Waals surface area contributed by atoms with Gasteiger partial charge in [0.2, 0.25) is 0 Å². The van der Waals surface area contributed by atoms with Crippen LogP contribution in [0.25, 0.3) is 21.5 Å². The molecule has 0 N–H and O–H groups in total. The summed E-state index contributed by atoms with van der Waals surface area (Å²) in [6, 6.07) is 17.6. The normalized spacial score (nSPS) is 10.2. The fraction of sp³-hybridized carbons (Fsp3) is 0.222. The Labute approximate surface area is 109 Å². The molecule has 0 nitrogen and oxygen atoms in total. The largest absolute Gasteiger partial charge is 0.0683 e. The summed E-state index contributed by atoms with van der Waals surface area (Å²) >= 11 is 0. The van der Waals surface area contributed by atoms with Gasteiger partial charge in [0.1, 0.15) is 0 Å². The molecule has 0 fully saturated rings. The maximum Gasteiger partial charge on any atom is -0.0148 e. The molecule has 3 rings (SSSR count). The molecule has 3 aromatic carbocycles. The zero-order valence-electron chi connectivity index (χ0n) is 11.6. The van der Waals surface area contributed by atoms with Crippen molar-refractivity contribution >= 4 is 21.5 Å². The van der Waals surface area contributed by atoms with E-state index in [2.05, 4.69) is 62.4 Å². The van der Waals surface area contributed by atoms with E-state index in [-0.39, 0.29) is 0 Å². The fourth-order valence-corrected chi connectivity index (χ4v) is 2.36. The van der Waals surface area contributed by atoms with Crippen molar-refractivity contribution in [2.75, 3.05) is 0 Å². The molecule has 0 spiro atoms. The average molecular weight is 236 g/mol. The van der Waals surface area contributed by atoms with Crippen molar-refractivity contribution in [3.8, 4) is 0 Å². The Morgan fingerprint density at radius 3 is 1.39 bits per heavy atom. The Kier molecular flexibility index (Phi) is 3.66. The summed E-state index contributed by atoms with van der Waals surface area (Å²) in [6.45, 7) is 8.34. The van der Waals surface area contributed by atoms with Crippen LogP contribution in [0.15, 0.2) is 48.5 Å². The highest BCUT2D eigenvalue weighted by molar-refractivity contribution is 6.00. The smallest absolute Gasteiger partial charge is 0.0148 e. The molecule has 0 unspecified atom stereocenters. The maximum absolute atomic E-state index is 2.30. The molecule has 0 heteroatoms. The lowest BCUT2D eigenvalue weighted by Crippen LogP contribution is -1.82. The third kappa shape index (κ3) is 2.11. The van der Waals surface area contributed by atoms with E-state index in [0.717, 1.165) is 0 Å². The third-order valence-electron chi connectivity index (χ3n) is 3.32. The SMILES string of the molecule is CC.Cc1cccc2cc3c(C)cccc3cc12. The first kappa shape index (κ1) is 12.6. The quantitative estimate of drug-likeness (QED) is 0.443. The van der Waals surface area contributed by atoms with E-state index in [4.69, 9.17) is 0 Å². The summed E-state index contributed by atoms with van der Waals surface area (Å²) in [4.78, 5) is 0. The highest BCUT2D eigenvalue weighted by atomic mass is 14.1. The van der Waals surface area contributed by atoms with E-state index in [9.17, 15) is 0 Å². The van der Waals surface area contributed by atoms with Crippen molar-refractivity contribution < 1.29 is 0 Å². The van der Waals surface area contributed by atoms with Gasteiger partial charge < -0.3 is 0 Å². The van der Waals surface area contributed by atoms with E-state index in [1.807, 2.05) is 13.8 Å². The van der Waals surface area contributed by atoms with Gasteiger partial charge in [0.05, 0.1) is 0 Å². The van der Waals surface area contributed by atoms with Gasteiger partial charge >= 0.3 is 0 Å². The van der Waals surface area contributed by atoms with E-state index >= 15 is 0 Å². The minimum absolute atomic E-state index is 1.34. The van der Waals surface area contributed by atoms with E-state index in [0.29, 0.717) is 0 Å². The van der Waals surface area contributed by atoms with Crippen LogP contribution in [0.4, 0.5) is 0 Å². The first-order chi connectivity index (χ1) is 8.75. The van der Waals surface area contributed by atoms with Crippen molar-refractivity contribution in [1.29, 1.82) is 0 Å². The molecule has 0 bridgehead atoms. The monoisotopic (exact) mass is 236 g/mol.